The average Bonchev–Trinajstić information content (AvgIpc) is 2.51. The summed E-state index contributed by atoms with van der Waals surface area (Å²) in [5, 5.41) is 3.63. The molecule has 1 saturated carbocycles. The van der Waals surface area contributed by atoms with Crippen molar-refractivity contribution in [3.8, 4) is 0 Å². The molecule has 0 amide bonds. The van der Waals surface area contributed by atoms with Crippen LogP contribution >= 0.6 is 27.3 Å². The van der Waals surface area contributed by atoms with E-state index in [4.69, 9.17) is 0 Å². The van der Waals surface area contributed by atoms with Crippen molar-refractivity contribution in [3.63, 3.8) is 0 Å². The fourth-order valence-electron chi connectivity index (χ4n) is 2.39. The maximum Gasteiger partial charge on any atom is 0.0314 e. The van der Waals surface area contributed by atoms with Gasteiger partial charge in [-0.15, -0.1) is 11.3 Å². The predicted molar refractivity (Wildman–Crippen MR) is 75.0 cm³/mol. The molecule has 90 valence electrons. The Morgan fingerprint density at radius 2 is 2.25 bits per heavy atom. The highest BCUT2D eigenvalue weighted by atomic mass is 79.9. The first-order valence-electron chi connectivity index (χ1n) is 6.11. The van der Waals surface area contributed by atoms with Gasteiger partial charge in [0.2, 0.25) is 0 Å². The molecule has 0 bridgehead atoms. The van der Waals surface area contributed by atoms with Crippen molar-refractivity contribution in [2.45, 2.75) is 46.1 Å². The third kappa shape index (κ3) is 2.69. The number of aryl methyl sites for hydroxylation is 1. The fourth-order valence-corrected chi connectivity index (χ4v) is 3.96. The largest absolute Gasteiger partial charge is 0.311 e. The van der Waals surface area contributed by atoms with Crippen LogP contribution in [-0.2, 0) is 6.54 Å². The minimum atomic E-state index is 0.629. The molecule has 0 unspecified atom stereocenters. The minimum Gasteiger partial charge on any atom is -0.311 e. The molecular formula is C13H20BrNS. The van der Waals surface area contributed by atoms with Crippen LogP contribution in [0.4, 0.5) is 0 Å². The zero-order chi connectivity index (χ0) is 11.6. The summed E-state index contributed by atoms with van der Waals surface area (Å²) in [6.07, 6.45) is 5.60. The lowest BCUT2D eigenvalue weighted by Crippen LogP contribution is -2.39. The predicted octanol–water partition coefficient (Wildman–Crippen LogP) is 4.49. The van der Waals surface area contributed by atoms with Gasteiger partial charge in [-0.1, -0.05) is 13.3 Å². The molecule has 0 saturated heterocycles. The van der Waals surface area contributed by atoms with Crippen LogP contribution in [0.3, 0.4) is 0 Å². The first kappa shape index (κ1) is 12.6. The summed E-state index contributed by atoms with van der Waals surface area (Å²) in [7, 11) is 0. The molecule has 0 aromatic carbocycles. The van der Waals surface area contributed by atoms with E-state index in [-0.39, 0.29) is 0 Å². The molecule has 16 heavy (non-hydrogen) atoms. The van der Waals surface area contributed by atoms with Crippen LogP contribution in [0.15, 0.2) is 10.5 Å². The number of nitrogens with one attached hydrogen (secondary N) is 1. The lowest BCUT2D eigenvalue weighted by atomic mass is 9.67. The van der Waals surface area contributed by atoms with E-state index < -0.39 is 0 Å². The van der Waals surface area contributed by atoms with Crippen molar-refractivity contribution in [2.24, 2.45) is 5.41 Å². The summed E-state index contributed by atoms with van der Waals surface area (Å²) in [6, 6.07) is 2.24. The molecule has 1 aliphatic rings. The second-order valence-corrected chi connectivity index (χ2v) is 7.12. The number of thiophene rings is 1. The monoisotopic (exact) mass is 301 g/mol. The Hall–Kier alpha value is 0.140. The van der Waals surface area contributed by atoms with E-state index in [2.05, 4.69) is 41.2 Å². The van der Waals surface area contributed by atoms with Crippen LogP contribution in [-0.4, -0.2) is 6.54 Å². The van der Waals surface area contributed by atoms with E-state index in [0.717, 1.165) is 6.54 Å². The normalized spacial score (nSPS) is 18.4. The van der Waals surface area contributed by atoms with Gasteiger partial charge in [-0.3, -0.25) is 0 Å². The molecule has 0 atom stereocenters. The molecule has 1 fully saturated rings. The van der Waals surface area contributed by atoms with Gasteiger partial charge >= 0.3 is 0 Å². The van der Waals surface area contributed by atoms with Gasteiger partial charge in [0.15, 0.2) is 0 Å². The Labute approximate surface area is 111 Å². The minimum absolute atomic E-state index is 0.629. The molecular weight excluding hydrogens is 282 g/mol. The highest BCUT2D eigenvalue weighted by Gasteiger charge is 2.34. The van der Waals surface area contributed by atoms with Crippen molar-refractivity contribution < 1.29 is 0 Å². The van der Waals surface area contributed by atoms with Crippen molar-refractivity contribution in [1.82, 2.24) is 5.32 Å². The van der Waals surface area contributed by atoms with Crippen LogP contribution in [0, 0.1) is 12.3 Å². The number of rotatable bonds is 5. The van der Waals surface area contributed by atoms with Crippen LogP contribution in [0.5, 0.6) is 0 Å². The van der Waals surface area contributed by atoms with Gasteiger partial charge < -0.3 is 5.32 Å². The van der Waals surface area contributed by atoms with Crippen LogP contribution in [0.2, 0.25) is 0 Å². The Morgan fingerprint density at radius 1 is 1.50 bits per heavy atom. The van der Waals surface area contributed by atoms with Crippen molar-refractivity contribution in [1.29, 1.82) is 0 Å². The standard InChI is InChI=1S/C13H20BrNS/c1-3-13(5-4-6-13)9-15-8-11-7-12(14)10(2)16-11/h7,15H,3-6,8-9H2,1-2H3. The summed E-state index contributed by atoms with van der Waals surface area (Å²) in [4.78, 5) is 2.82. The maximum absolute atomic E-state index is 3.63. The third-order valence-electron chi connectivity index (χ3n) is 3.87. The smallest absolute Gasteiger partial charge is 0.0314 e. The van der Waals surface area contributed by atoms with Gasteiger partial charge in [0.1, 0.15) is 0 Å². The number of halogens is 1. The molecule has 1 aromatic rings. The zero-order valence-corrected chi connectivity index (χ0v) is 12.5. The topological polar surface area (TPSA) is 12.0 Å². The van der Waals surface area contributed by atoms with Gasteiger partial charge in [-0.05, 0) is 53.6 Å². The van der Waals surface area contributed by atoms with Gasteiger partial charge in [-0.25, -0.2) is 0 Å². The van der Waals surface area contributed by atoms with E-state index in [1.807, 2.05) is 11.3 Å². The average molecular weight is 302 g/mol. The van der Waals surface area contributed by atoms with Gasteiger partial charge in [0.25, 0.3) is 0 Å². The van der Waals surface area contributed by atoms with Crippen LogP contribution in [0.25, 0.3) is 0 Å². The van der Waals surface area contributed by atoms with Gasteiger partial charge in [0, 0.05) is 27.3 Å². The molecule has 1 aliphatic carbocycles. The summed E-state index contributed by atoms with van der Waals surface area (Å²) in [5.74, 6) is 0. The molecule has 1 N–H and O–H groups in total. The van der Waals surface area contributed by atoms with Gasteiger partial charge in [-0.2, -0.15) is 0 Å². The quantitative estimate of drug-likeness (QED) is 0.845. The lowest BCUT2D eigenvalue weighted by Gasteiger charge is -2.41. The molecule has 0 aliphatic heterocycles. The van der Waals surface area contributed by atoms with E-state index in [9.17, 15) is 0 Å². The second kappa shape index (κ2) is 5.19. The summed E-state index contributed by atoms with van der Waals surface area (Å²) in [6.45, 7) is 6.71. The third-order valence-corrected chi connectivity index (χ3v) is 6.01. The Morgan fingerprint density at radius 3 is 2.69 bits per heavy atom. The molecule has 1 aromatic heterocycles. The lowest BCUT2D eigenvalue weighted by molar-refractivity contribution is 0.124. The first-order chi connectivity index (χ1) is 7.65. The molecule has 3 heteroatoms. The fraction of sp³-hybridized carbons (Fsp3) is 0.692. The molecule has 2 rings (SSSR count). The molecule has 0 spiro atoms. The van der Waals surface area contributed by atoms with E-state index in [0.29, 0.717) is 5.41 Å². The van der Waals surface area contributed by atoms with E-state index >= 15 is 0 Å². The first-order valence-corrected chi connectivity index (χ1v) is 7.72. The Bertz CT molecular complexity index is 330. The highest BCUT2D eigenvalue weighted by Crippen LogP contribution is 2.43. The number of hydrogen-bond acceptors (Lipinski definition) is 2. The van der Waals surface area contributed by atoms with E-state index in [1.54, 1.807) is 0 Å². The Balaban J connectivity index is 1.79. The molecule has 1 nitrogen and oxygen atoms in total. The van der Waals surface area contributed by atoms with Gasteiger partial charge in [0.05, 0.1) is 0 Å². The summed E-state index contributed by atoms with van der Waals surface area (Å²) < 4.78 is 1.25. The second-order valence-electron chi connectivity index (χ2n) is 4.93. The number of hydrogen-bond donors (Lipinski definition) is 1. The Kier molecular flexibility index (Phi) is 4.09. The van der Waals surface area contributed by atoms with Crippen LogP contribution < -0.4 is 5.32 Å². The van der Waals surface area contributed by atoms with Crippen molar-refractivity contribution >= 4 is 27.3 Å². The zero-order valence-electron chi connectivity index (χ0n) is 10.1. The summed E-state index contributed by atoms with van der Waals surface area (Å²) >= 11 is 5.46. The highest BCUT2D eigenvalue weighted by molar-refractivity contribution is 9.10. The van der Waals surface area contributed by atoms with Crippen LogP contribution in [0.1, 0.15) is 42.4 Å². The van der Waals surface area contributed by atoms with Crippen molar-refractivity contribution in [2.75, 3.05) is 6.54 Å². The molecule has 1 heterocycles. The maximum atomic E-state index is 3.63. The van der Waals surface area contributed by atoms with Crippen molar-refractivity contribution in [3.05, 3.63) is 20.3 Å². The van der Waals surface area contributed by atoms with E-state index in [1.165, 1.54) is 46.5 Å². The molecule has 0 radical (unpaired) electrons. The SMILES string of the molecule is CCC1(CNCc2cc(Br)c(C)s2)CCC1. The summed E-state index contributed by atoms with van der Waals surface area (Å²) in [5.41, 5.74) is 0.629.